The highest BCUT2D eigenvalue weighted by atomic mass is 35.5. The summed E-state index contributed by atoms with van der Waals surface area (Å²) in [7, 11) is 0. The van der Waals surface area contributed by atoms with Gasteiger partial charge in [-0.05, 0) is 36.8 Å². The zero-order chi connectivity index (χ0) is 17.9. The number of rotatable bonds is 6. The number of hydrogen-bond donors (Lipinski definition) is 0. The number of nitro benzene ring substituents is 1. The fourth-order valence-electron chi connectivity index (χ4n) is 2.94. The average molecular weight is 386 g/mol. The van der Waals surface area contributed by atoms with Gasteiger partial charge in [-0.3, -0.25) is 10.1 Å². The summed E-state index contributed by atoms with van der Waals surface area (Å²) in [5.74, 6) is 2.29. The van der Waals surface area contributed by atoms with Gasteiger partial charge in [-0.25, -0.2) is 4.99 Å². The first-order valence-electron chi connectivity index (χ1n) is 8.51. The molecular weight excluding hydrogens is 358 g/mol. The molecule has 1 fully saturated rings. The van der Waals surface area contributed by atoms with Crippen molar-refractivity contribution >= 4 is 40.7 Å². The zero-order valence-electron chi connectivity index (χ0n) is 15.6. The maximum absolute atomic E-state index is 10.9. The Labute approximate surface area is 160 Å². The summed E-state index contributed by atoms with van der Waals surface area (Å²) >= 11 is 1.80. The van der Waals surface area contributed by atoms with Crippen LogP contribution >= 0.6 is 24.2 Å². The largest absolute Gasteiger partial charge is 0.347 e. The lowest BCUT2D eigenvalue weighted by atomic mass is 10.0. The van der Waals surface area contributed by atoms with E-state index in [1.807, 2.05) is 6.92 Å². The van der Waals surface area contributed by atoms with Crippen LogP contribution in [-0.4, -0.2) is 33.3 Å². The number of nitro groups is 1. The minimum atomic E-state index is -0.363. The van der Waals surface area contributed by atoms with E-state index in [4.69, 9.17) is 4.99 Å². The van der Waals surface area contributed by atoms with E-state index in [-0.39, 0.29) is 23.0 Å². The van der Waals surface area contributed by atoms with Crippen LogP contribution in [0.25, 0.3) is 0 Å². The zero-order valence-corrected chi connectivity index (χ0v) is 17.2. The van der Waals surface area contributed by atoms with E-state index in [1.54, 1.807) is 23.9 Å². The molecule has 0 radical (unpaired) electrons. The van der Waals surface area contributed by atoms with E-state index in [9.17, 15) is 10.1 Å². The summed E-state index contributed by atoms with van der Waals surface area (Å²) in [5.41, 5.74) is 1.78. The Morgan fingerprint density at radius 2 is 2.00 bits per heavy atom. The summed E-state index contributed by atoms with van der Waals surface area (Å²) in [6.07, 6.45) is 1.16. The van der Waals surface area contributed by atoms with Gasteiger partial charge < -0.3 is 4.90 Å². The van der Waals surface area contributed by atoms with Gasteiger partial charge in [0.15, 0.2) is 5.17 Å². The smallest absolute Gasteiger partial charge is 0.269 e. The lowest BCUT2D eigenvalue weighted by Crippen LogP contribution is -2.37. The molecule has 0 saturated carbocycles. The van der Waals surface area contributed by atoms with Crippen molar-refractivity contribution in [2.75, 3.05) is 12.3 Å². The van der Waals surface area contributed by atoms with Crippen LogP contribution in [0.2, 0.25) is 0 Å². The van der Waals surface area contributed by atoms with Crippen molar-refractivity contribution < 1.29 is 4.92 Å². The molecule has 1 heterocycles. The molecule has 25 heavy (non-hydrogen) atoms. The number of benzene rings is 1. The number of amidine groups is 1. The molecule has 0 unspecified atom stereocenters. The van der Waals surface area contributed by atoms with Crippen LogP contribution in [0.1, 0.15) is 39.7 Å². The normalized spacial score (nSPS) is 18.9. The molecule has 1 atom stereocenters. The van der Waals surface area contributed by atoms with Crippen LogP contribution in [-0.2, 0) is 0 Å². The highest BCUT2D eigenvalue weighted by molar-refractivity contribution is 8.14. The molecule has 1 aliphatic rings. The Morgan fingerprint density at radius 1 is 1.32 bits per heavy atom. The molecule has 5 nitrogen and oxygen atoms in total. The highest BCUT2D eigenvalue weighted by Crippen LogP contribution is 2.32. The first-order chi connectivity index (χ1) is 11.3. The number of thioether (sulfide) groups is 1. The third kappa shape index (κ3) is 5.89. The van der Waals surface area contributed by atoms with E-state index in [0.717, 1.165) is 35.1 Å². The van der Waals surface area contributed by atoms with Crippen LogP contribution in [0.15, 0.2) is 23.2 Å². The second-order valence-electron chi connectivity index (χ2n) is 7.26. The molecule has 0 N–H and O–H groups in total. The Morgan fingerprint density at radius 3 is 2.52 bits per heavy atom. The predicted molar refractivity (Wildman–Crippen MR) is 109 cm³/mol. The van der Waals surface area contributed by atoms with Gasteiger partial charge in [0.1, 0.15) is 0 Å². The number of hydrogen-bond acceptors (Lipinski definition) is 4. The Balaban J connectivity index is 0.00000312. The van der Waals surface area contributed by atoms with Crippen molar-refractivity contribution in [2.24, 2.45) is 16.8 Å². The molecule has 1 saturated heterocycles. The summed E-state index contributed by atoms with van der Waals surface area (Å²) in [5, 5.41) is 11.9. The lowest BCUT2D eigenvalue weighted by Gasteiger charge is -2.28. The number of nitrogens with zero attached hydrogens (tertiary/aromatic N) is 3. The van der Waals surface area contributed by atoms with E-state index in [2.05, 4.69) is 32.6 Å². The van der Waals surface area contributed by atoms with Gasteiger partial charge in [0.05, 0.1) is 10.6 Å². The Hall–Kier alpha value is -1.27. The fourth-order valence-corrected chi connectivity index (χ4v) is 4.15. The van der Waals surface area contributed by atoms with E-state index in [0.29, 0.717) is 17.9 Å². The second-order valence-corrected chi connectivity index (χ2v) is 8.25. The first-order valence-corrected chi connectivity index (χ1v) is 9.49. The van der Waals surface area contributed by atoms with E-state index in [1.165, 1.54) is 6.07 Å². The average Bonchev–Trinajstić information content (AvgIpc) is 2.82. The monoisotopic (exact) mass is 385 g/mol. The Bertz CT molecular complexity index is 635. The van der Waals surface area contributed by atoms with Crippen molar-refractivity contribution in [1.29, 1.82) is 0 Å². The van der Waals surface area contributed by atoms with Crippen molar-refractivity contribution in [3.05, 3.63) is 33.9 Å². The van der Waals surface area contributed by atoms with Gasteiger partial charge in [0.2, 0.25) is 0 Å². The van der Waals surface area contributed by atoms with Crippen LogP contribution in [0.4, 0.5) is 11.4 Å². The van der Waals surface area contributed by atoms with Gasteiger partial charge in [-0.1, -0.05) is 39.5 Å². The quantitative estimate of drug-likeness (QED) is 0.483. The highest BCUT2D eigenvalue weighted by Gasteiger charge is 2.31. The third-order valence-electron chi connectivity index (χ3n) is 4.00. The molecule has 7 heteroatoms. The first kappa shape index (κ1) is 21.8. The van der Waals surface area contributed by atoms with E-state index >= 15 is 0 Å². The molecule has 0 aromatic heterocycles. The maximum Gasteiger partial charge on any atom is 0.269 e. The van der Waals surface area contributed by atoms with Crippen molar-refractivity contribution in [1.82, 2.24) is 4.90 Å². The fraction of sp³-hybridized carbons (Fsp3) is 0.611. The molecule has 0 bridgehead atoms. The molecule has 1 aromatic carbocycles. The van der Waals surface area contributed by atoms with E-state index < -0.39 is 0 Å². The minimum absolute atomic E-state index is 0. The second kappa shape index (κ2) is 9.43. The van der Waals surface area contributed by atoms with Gasteiger partial charge in [0.25, 0.3) is 5.69 Å². The van der Waals surface area contributed by atoms with Crippen molar-refractivity contribution in [3.63, 3.8) is 0 Å². The SMILES string of the molecule is Cc1cc([N+](=O)[O-])ccc1/N=C1\SC[C@H](CC(C)C)N1CC(C)C.Cl. The van der Waals surface area contributed by atoms with Gasteiger partial charge in [0, 0.05) is 30.5 Å². The van der Waals surface area contributed by atoms with Crippen LogP contribution in [0.3, 0.4) is 0 Å². The molecule has 0 aliphatic carbocycles. The van der Waals surface area contributed by atoms with Crippen LogP contribution in [0.5, 0.6) is 0 Å². The number of aryl methyl sites for hydroxylation is 1. The lowest BCUT2D eigenvalue weighted by molar-refractivity contribution is -0.384. The summed E-state index contributed by atoms with van der Waals surface area (Å²) in [6.45, 7) is 11.8. The molecule has 1 aliphatic heterocycles. The maximum atomic E-state index is 10.9. The van der Waals surface area contributed by atoms with Gasteiger partial charge in [-0.15, -0.1) is 12.4 Å². The van der Waals surface area contributed by atoms with Crippen LogP contribution in [0, 0.1) is 28.9 Å². The third-order valence-corrected chi connectivity index (χ3v) is 5.14. The summed E-state index contributed by atoms with van der Waals surface area (Å²) in [6, 6.07) is 5.40. The van der Waals surface area contributed by atoms with Gasteiger partial charge >= 0.3 is 0 Å². The molecule has 1 aromatic rings. The molecule has 0 spiro atoms. The number of aliphatic imine (C=N–C) groups is 1. The Kier molecular flexibility index (Phi) is 8.22. The van der Waals surface area contributed by atoms with Crippen LogP contribution < -0.4 is 0 Å². The molecular formula is C18H28ClN3O2S. The van der Waals surface area contributed by atoms with Gasteiger partial charge in [-0.2, -0.15) is 0 Å². The standard InChI is InChI=1S/C18H27N3O2S.ClH/c1-12(2)8-16-11-24-18(20(16)10-13(3)4)19-17-7-6-15(21(22)23)9-14(17)5;/h6-7,9,12-13,16H,8,10-11H2,1-5H3;1H/b19-18-;/t16-;/m0./s1. The summed E-state index contributed by atoms with van der Waals surface area (Å²) in [4.78, 5) is 17.8. The molecule has 0 amide bonds. The minimum Gasteiger partial charge on any atom is -0.347 e. The topological polar surface area (TPSA) is 58.7 Å². The predicted octanol–water partition coefficient (Wildman–Crippen LogP) is 5.43. The van der Waals surface area contributed by atoms with Crippen molar-refractivity contribution in [3.8, 4) is 0 Å². The number of halogens is 1. The van der Waals surface area contributed by atoms with Crippen molar-refractivity contribution in [2.45, 2.75) is 47.1 Å². The molecule has 140 valence electrons. The molecule has 2 rings (SSSR count). The summed E-state index contributed by atoms with van der Waals surface area (Å²) < 4.78 is 0. The number of non-ortho nitro benzene ring substituents is 1.